The van der Waals surface area contributed by atoms with Crippen molar-refractivity contribution in [1.82, 2.24) is 25.4 Å². The molecule has 0 radical (unpaired) electrons. The zero-order valence-corrected chi connectivity index (χ0v) is 19.1. The number of hydrogen-bond donors (Lipinski definition) is 2. The van der Waals surface area contributed by atoms with Crippen molar-refractivity contribution in [2.75, 3.05) is 13.1 Å². The number of hydrogen-bond acceptors (Lipinski definition) is 3. The lowest BCUT2D eigenvalue weighted by molar-refractivity contribution is 0.481. The average Bonchev–Trinajstić information content (AvgIpc) is 3.37. The fourth-order valence-electron chi connectivity index (χ4n) is 3.74. The van der Waals surface area contributed by atoms with E-state index in [0.29, 0.717) is 6.54 Å². The molecule has 1 aromatic heterocycles. The molecule has 1 fully saturated rings. The maximum absolute atomic E-state index is 4.75. The molecule has 0 unspecified atom stereocenters. The van der Waals surface area contributed by atoms with Gasteiger partial charge in [0.1, 0.15) is 12.7 Å². The van der Waals surface area contributed by atoms with Gasteiger partial charge in [-0.25, -0.2) is 14.7 Å². The zero-order chi connectivity index (χ0) is 18.7. The fourth-order valence-corrected chi connectivity index (χ4v) is 3.74. The van der Waals surface area contributed by atoms with E-state index < -0.39 is 0 Å². The summed E-state index contributed by atoms with van der Waals surface area (Å²) < 4.78 is 1.83. The molecule has 1 aromatic carbocycles. The second-order valence-electron chi connectivity index (χ2n) is 7.33. The molecule has 2 aromatic rings. The number of benzene rings is 1. The van der Waals surface area contributed by atoms with Crippen LogP contribution in [-0.2, 0) is 13.1 Å². The van der Waals surface area contributed by atoms with Gasteiger partial charge in [-0.2, -0.15) is 5.10 Å². The summed E-state index contributed by atoms with van der Waals surface area (Å²) >= 11 is 0. The Morgan fingerprint density at radius 1 is 1.21 bits per heavy atom. The Morgan fingerprint density at radius 3 is 2.79 bits per heavy atom. The molecule has 7 heteroatoms. The van der Waals surface area contributed by atoms with E-state index in [4.69, 9.17) is 4.99 Å². The summed E-state index contributed by atoms with van der Waals surface area (Å²) in [6, 6.07) is 8.51. The number of halogens is 1. The summed E-state index contributed by atoms with van der Waals surface area (Å²) in [7, 11) is 0. The standard InChI is InChI=1S/C21H32N6.HI/c1-2-23-21(24-12-6-11-18-7-3-4-8-18)25-14-19-9-5-10-20(13-19)15-27-17-22-16-26-27;/h5,9-10,13,16-18H,2-4,6-8,11-12,14-15H2,1H3,(H2,23,24,25);1H. The van der Waals surface area contributed by atoms with Crippen molar-refractivity contribution in [2.45, 2.75) is 58.5 Å². The number of rotatable bonds is 9. The van der Waals surface area contributed by atoms with Gasteiger partial charge < -0.3 is 10.6 Å². The van der Waals surface area contributed by atoms with Crippen LogP contribution in [0.15, 0.2) is 41.9 Å². The first-order chi connectivity index (χ1) is 13.3. The molecular weight excluding hydrogens is 463 g/mol. The maximum Gasteiger partial charge on any atom is 0.191 e. The van der Waals surface area contributed by atoms with Gasteiger partial charge in [0.25, 0.3) is 0 Å². The predicted molar refractivity (Wildman–Crippen MR) is 125 cm³/mol. The topological polar surface area (TPSA) is 67.1 Å². The number of nitrogens with one attached hydrogen (secondary N) is 2. The number of aliphatic imine (C=N–C) groups is 1. The molecule has 2 N–H and O–H groups in total. The van der Waals surface area contributed by atoms with Crippen molar-refractivity contribution in [1.29, 1.82) is 0 Å². The Balaban J connectivity index is 0.00000280. The first kappa shape index (κ1) is 22.6. The summed E-state index contributed by atoms with van der Waals surface area (Å²) in [5.74, 6) is 1.87. The molecule has 0 bridgehead atoms. The molecule has 28 heavy (non-hydrogen) atoms. The molecule has 1 heterocycles. The quantitative estimate of drug-likeness (QED) is 0.239. The van der Waals surface area contributed by atoms with Crippen LogP contribution in [0.4, 0.5) is 0 Å². The van der Waals surface area contributed by atoms with E-state index in [1.54, 1.807) is 12.7 Å². The third kappa shape index (κ3) is 7.77. The fraction of sp³-hybridized carbons (Fsp3) is 0.571. The second-order valence-corrected chi connectivity index (χ2v) is 7.33. The molecular formula is C21H33IN6. The van der Waals surface area contributed by atoms with Crippen molar-refractivity contribution in [3.8, 4) is 0 Å². The van der Waals surface area contributed by atoms with E-state index in [9.17, 15) is 0 Å². The van der Waals surface area contributed by atoms with Gasteiger partial charge >= 0.3 is 0 Å². The molecule has 0 amide bonds. The highest BCUT2D eigenvalue weighted by Gasteiger charge is 2.13. The molecule has 1 aliphatic rings. The Kier molecular flexibility index (Phi) is 10.3. The van der Waals surface area contributed by atoms with Gasteiger partial charge in [0.15, 0.2) is 5.96 Å². The maximum atomic E-state index is 4.75. The lowest BCUT2D eigenvalue weighted by atomic mass is 10.0. The summed E-state index contributed by atoms with van der Waals surface area (Å²) in [6.07, 6.45) is 11.6. The van der Waals surface area contributed by atoms with Gasteiger partial charge in [-0.15, -0.1) is 24.0 Å². The van der Waals surface area contributed by atoms with Crippen LogP contribution in [0.2, 0.25) is 0 Å². The smallest absolute Gasteiger partial charge is 0.191 e. The minimum absolute atomic E-state index is 0. The Hall–Kier alpha value is -1.64. The average molecular weight is 496 g/mol. The van der Waals surface area contributed by atoms with Gasteiger partial charge in [-0.3, -0.25) is 0 Å². The number of nitrogens with zero attached hydrogens (tertiary/aromatic N) is 4. The summed E-state index contributed by atoms with van der Waals surface area (Å²) in [5, 5.41) is 11.0. The highest BCUT2D eigenvalue weighted by molar-refractivity contribution is 14.0. The van der Waals surface area contributed by atoms with Crippen LogP contribution in [0, 0.1) is 5.92 Å². The molecule has 0 saturated heterocycles. The van der Waals surface area contributed by atoms with Crippen LogP contribution in [0.5, 0.6) is 0 Å². The van der Waals surface area contributed by atoms with Crippen molar-refractivity contribution < 1.29 is 0 Å². The Morgan fingerprint density at radius 2 is 2.04 bits per heavy atom. The number of guanidine groups is 1. The van der Waals surface area contributed by atoms with Crippen molar-refractivity contribution in [3.05, 3.63) is 48.0 Å². The number of aromatic nitrogens is 3. The molecule has 6 nitrogen and oxygen atoms in total. The van der Waals surface area contributed by atoms with E-state index in [2.05, 4.69) is 51.9 Å². The Bertz CT molecular complexity index is 695. The van der Waals surface area contributed by atoms with E-state index in [0.717, 1.165) is 31.5 Å². The highest BCUT2D eigenvalue weighted by Crippen LogP contribution is 2.28. The zero-order valence-electron chi connectivity index (χ0n) is 16.8. The largest absolute Gasteiger partial charge is 0.357 e. The third-order valence-electron chi connectivity index (χ3n) is 5.12. The van der Waals surface area contributed by atoms with Crippen LogP contribution < -0.4 is 10.6 Å². The van der Waals surface area contributed by atoms with Gasteiger partial charge in [0.05, 0.1) is 13.1 Å². The predicted octanol–water partition coefficient (Wildman–Crippen LogP) is 3.97. The first-order valence-corrected chi connectivity index (χ1v) is 10.3. The molecule has 0 spiro atoms. The SMILES string of the molecule is CCNC(=NCc1cccc(Cn2cncn2)c1)NCCCC1CCCC1.I. The Labute approximate surface area is 185 Å². The minimum atomic E-state index is 0. The van der Waals surface area contributed by atoms with Crippen LogP contribution in [0.25, 0.3) is 0 Å². The molecule has 0 atom stereocenters. The second kappa shape index (κ2) is 12.7. The summed E-state index contributed by atoms with van der Waals surface area (Å²) in [6.45, 7) is 5.38. The summed E-state index contributed by atoms with van der Waals surface area (Å²) in [4.78, 5) is 8.75. The van der Waals surface area contributed by atoms with E-state index in [1.165, 1.54) is 49.7 Å². The van der Waals surface area contributed by atoms with Crippen molar-refractivity contribution >= 4 is 29.9 Å². The van der Waals surface area contributed by atoms with Crippen LogP contribution in [0.3, 0.4) is 0 Å². The van der Waals surface area contributed by atoms with Crippen LogP contribution in [-0.4, -0.2) is 33.8 Å². The molecule has 1 aliphatic carbocycles. The normalized spacial score (nSPS) is 14.7. The van der Waals surface area contributed by atoms with E-state index in [1.807, 2.05) is 4.68 Å². The van der Waals surface area contributed by atoms with Crippen LogP contribution >= 0.6 is 24.0 Å². The molecule has 0 aliphatic heterocycles. The highest BCUT2D eigenvalue weighted by atomic mass is 127. The summed E-state index contributed by atoms with van der Waals surface area (Å²) in [5.41, 5.74) is 2.42. The van der Waals surface area contributed by atoms with Gasteiger partial charge in [0, 0.05) is 13.1 Å². The van der Waals surface area contributed by atoms with E-state index in [-0.39, 0.29) is 24.0 Å². The molecule has 1 saturated carbocycles. The van der Waals surface area contributed by atoms with Gasteiger partial charge in [-0.05, 0) is 36.8 Å². The monoisotopic (exact) mass is 496 g/mol. The van der Waals surface area contributed by atoms with E-state index >= 15 is 0 Å². The minimum Gasteiger partial charge on any atom is -0.357 e. The lowest BCUT2D eigenvalue weighted by Gasteiger charge is -2.13. The third-order valence-corrected chi connectivity index (χ3v) is 5.12. The lowest BCUT2D eigenvalue weighted by Crippen LogP contribution is -2.37. The van der Waals surface area contributed by atoms with Gasteiger partial charge in [-0.1, -0.05) is 49.9 Å². The van der Waals surface area contributed by atoms with Gasteiger partial charge in [0.2, 0.25) is 0 Å². The molecule has 154 valence electrons. The van der Waals surface area contributed by atoms with Crippen molar-refractivity contribution in [2.24, 2.45) is 10.9 Å². The molecule has 3 rings (SSSR count). The van der Waals surface area contributed by atoms with Crippen molar-refractivity contribution in [3.63, 3.8) is 0 Å². The first-order valence-electron chi connectivity index (χ1n) is 10.3. The van der Waals surface area contributed by atoms with Crippen LogP contribution in [0.1, 0.15) is 56.6 Å².